The molecule has 4 fully saturated rings. The summed E-state index contributed by atoms with van der Waals surface area (Å²) in [5.74, 6) is 76.8. The highest BCUT2D eigenvalue weighted by Crippen LogP contribution is 2.67. The first-order valence-electron chi connectivity index (χ1n) is 25.2. The third-order valence-electron chi connectivity index (χ3n) is 13.8. The number of rotatable bonds is 13. The molecule has 0 heterocycles. The summed E-state index contributed by atoms with van der Waals surface area (Å²) in [7, 11) is 0. The van der Waals surface area contributed by atoms with E-state index in [1.165, 1.54) is 0 Å². The molecule has 0 aromatic heterocycles. The molecule has 12 nitrogen and oxygen atoms in total. The lowest BCUT2D eigenvalue weighted by Crippen LogP contribution is -2.54. The second kappa shape index (κ2) is 34.4. The van der Waals surface area contributed by atoms with Crippen LogP contribution in [0.15, 0.2) is 0 Å². The molecule has 4 aliphatic rings. The van der Waals surface area contributed by atoms with Crippen LogP contribution in [0.5, 0.6) is 0 Å². The lowest BCUT2D eigenvalue weighted by Gasteiger charge is -2.61. The van der Waals surface area contributed by atoms with E-state index in [-0.39, 0.29) is 42.1 Å². The minimum Gasteiger partial charge on any atom is -0.455 e. The fourth-order valence-corrected chi connectivity index (χ4v) is 10.6. The predicted octanol–water partition coefficient (Wildman–Crippen LogP) is 5.52. The molecule has 0 radical (unpaired) electrons. The highest BCUT2D eigenvalue weighted by Gasteiger charge is 2.61. The summed E-state index contributed by atoms with van der Waals surface area (Å²) >= 11 is 0. The van der Waals surface area contributed by atoms with Crippen LogP contribution in [0.3, 0.4) is 0 Å². The third kappa shape index (κ3) is 21.9. The lowest BCUT2D eigenvalue weighted by atomic mass is 9.44. The molecular formula is C67H52O12. The lowest BCUT2D eigenvalue weighted by molar-refractivity contribution is -0.164. The van der Waals surface area contributed by atoms with Gasteiger partial charge in [-0.05, 0) is 285 Å². The molecule has 0 N–H and O–H groups in total. The van der Waals surface area contributed by atoms with Crippen LogP contribution in [0, 0.1) is 230 Å². The third-order valence-corrected chi connectivity index (χ3v) is 13.8. The fourth-order valence-electron chi connectivity index (χ4n) is 10.6. The molecule has 79 heavy (non-hydrogen) atoms. The average Bonchev–Trinajstić information content (AvgIpc) is 4.06. The van der Waals surface area contributed by atoms with Crippen LogP contribution in [0.2, 0.25) is 0 Å². The second-order valence-electron chi connectivity index (χ2n) is 18.4. The Kier molecular flexibility index (Phi) is 26.7. The molecule has 8 atom stereocenters. The van der Waals surface area contributed by atoms with Gasteiger partial charge in [-0.15, -0.1) is 0 Å². The zero-order valence-electron chi connectivity index (χ0n) is 44.5. The maximum absolute atomic E-state index is 12.8. The van der Waals surface area contributed by atoms with Gasteiger partial charge in [-0.3, -0.25) is 14.4 Å². The maximum atomic E-state index is 12.8. The van der Waals surface area contributed by atoms with Crippen molar-refractivity contribution in [1.29, 1.82) is 0 Å². The van der Waals surface area contributed by atoms with Gasteiger partial charge in [0.15, 0.2) is 6.10 Å². The molecule has 0 unspecified atom stereocenters. The second-order valence-corrected chi connectivity index (χ2v) is 18.4. The number of fused-ring (bicyclic) bond motifs is 5. The minimum atomic E-state index is -1.32. The van der Waals surface area contributed by atoms with Crippen molar-refractivity contribution in [3.8, 4) is 189 Å². The zero-order valence-corrected chi connectivity index (χ0v) is 44.5. The van der Waals surface area contributed by atoms with E-state index in [0.717, 1.165) is 51.4 Å². The first-order chi connectivity index (χ1) is 38.3. The van der Waals surface area contributed by atoms with E-state index in [1.54, 1.807) is 20.8 Å². The molecule has 4 saturated carbocycles. The Morgan fingerprint density at radius 2 is 0.924 bits per heavy atom. The van der Waals surface area contributed by atoms with Crippen molar-refractivity contribution in [1.82, 2.24) is 0 Å². The monoisotopic (exact) mass is 1050 g/mol. The van der Waals surface area contributed by atoms with E-state index in [0.29, 0.717) is 35.9 Å². The molecule has 0 amide bonds. The smallest absolute Gasteiger partial charge is 0.455 e. The number of esters is 4. The number of ether oxygens (including phenoxy) is 6. The van der Waals surface area contributed by atoms with Gasteiger partial charge in [0.05, 0.1) is 0 Å². The maximum Gasteiger partial charge on any atom is 0.511 e. The van der Waals surface area contributed by atoms with Crippen LogP contribution in [0.25, 0.3) is 0 Å². The topological polar surface area (TPSA) is 158 Å². The van der Waals surface area contributed by atoms with Gasteiger partial charge in [0.1, 0.15) is 25.1 Å². The van der Waals surface area contributed by atoms with Gasteiger partial charge in [0, 0.05) is 30.6 Å². The van der Waals surface area contributed by atoms with Crippen molar-refractivity contribution in [2.75, 3.05) is 20.0 Å². The normalized spacial score (nSPS) is 21.0. The van der Waals surface area contributed by atoms with E-state index in [9.17, 15) is 28.8 Å². The van der Waals surface area contributed by atoms with E-state index in [4.69, 9.17) is 28.4 Å². The van der Waals surface area contributed by atoms with Crippen molar-refractivity contribution in [3.05, 3.63) is 0 Å². The number of carbonyl (C=O) groups is 6. The van der Waals surface area contributed by atoms with Crippen LogP contribution < -0.4 is 0 Å². The molecule has 0 aromatic carbocycles. The molecule has 0 aliphatic heterocycles. The Labute approximate surface area is 464 Å². The van der Waals surface area contributed by atoms with E-state index in [2.05, 4.69) is 203 Å². The van der Waals surface area contributed by atoms with Crippen molar-refractivity contribution in [2.45, 2.75) is 124 Å². The van der Waals surface area contributed by atoms with Gasteiger partial charge in [0.25, 0.3) is 0 Å². The predicted molar refractivity (Wildman–Crippen MR) is 290 cm³/mol. The molecule has 0 aromatic rings. The number of Topliss-reactive ketones (excluding diaryl/α,β-unsaturated/α-hetero) is 1. The van der Waals surface area contributed by atoms with Gasteiger partial charge in [0.2, 0.25) is 6.79 Å². The Bertz CT molecular complexity index is 3320. The number of carbonyl (C=O) groups excluding carboxylic acids is 6. The standard InChI is InChI=1S/C67H52O12/c1-6-8-10-12-14-16-18-20-22-24-26-28-30-32-34-37-61(69)74-50-56(51-75-62(70)38-35-33-31-29-27-25-23-21-19-17-15-13-11-9-7-2)78-64(72)40-36-39-63(71)76-52-77-65(73)79-55-45-47-66(4)54(49-55)41-42-57-59-44-43-58(53(3)68)67(59,5)48-46-60(57)66/h54-60H,36,39-52H2,1-5H3/t54-,55+,57-,58+,59-,60-,66-,67+/m0/s1. The van der Waals surface area contributed by atoms with Crippen molar-refractivity contribution < 1.29 is 57.2 Å². The van der Waals surface area contributed by atoms with E-state index >= 15 is 0 Å². The molecule has 4 rings (SSSR count). The molecule has 4 aliphatic carbocycles. The Hall–Kier alpha value is -10.2. The quantitative estimate of drug-likeness (QED) is 0.0750. The van der Waals surface area contributed by atoms with Crippen molar-refractivity contribution in [2.24, 2.45) is 40.4 Å². The summed E-state index contributed by atoms with van der Waals surface area (Å²) in [5, 5.41) is 0. The Balaban J connectivity index is 1.22. The largest absolute Gasteiger partial charge is 0.511 e. The summed E-state index contributed by atoms with van der Waals surface area (Å²) in [4.78, 5) is 75.2. The minimum absolute atomic E-state index is 0.0342. The molecule has 0 saturated heterocycles. The van der Waals surface area contributed by atoms with Crippen molar-refractivity contribution in [3.63, 3.8) is 0 Å². The average molecular weight is 1050 g/mol. The summed E-state index contributed by atoms with van der Waals surface area (Å²) in [6.07, 6.45) is 5.80. The first-order valence-corrected chi connectivity index (χ1v) is 25.2. The van der Waals surface area contributed by atoms with Gasteiger partial charge >= 0.3 is 30.0 Å². The molecule has 392 valence electrons. The van der Waals surface area contributed by atoms with E-state index in [1.807, 2.05) is 0 Å². The van der Waals surface area contributed by atoms with Crippen LogP contribution in [-0.2, 0) is 52.4 Å². The van der Waals surface area contributed by atoms with Crippen LogP contribution in [0.4, 0.5) is 4.79 Å². The summed E-state index contributed by atoms with van der Waals surface area (Å²) in [6.45, 7) is 7.98. The highest BCUT2D eigenvalue weighted by atomic mass is 16.8. The van der Waals surface area contributed by atoms with Gasteiger partial charge in [-0.2, -0.15) is 0 Å². The summed E-state index contributed by atoms with van der Waals surface area (Å²) in [5.41, 5.74) is 0.246. The number of ketones is 1. The number of hydrogen-bond acceptors (Lipinski definition) is 12. The van der Waals surface area contributed by atoms with Crippen molar-refractivity contribution >= 4 is 35.8 Å². The van der Waals surface area contributed by atoms with E-state index < -0.39 is 56.1 Å². The zero-order chi connectivity index (χ0) is 57.0. The van der Waals surface area contributed by atoms with Gasteiger partial charge < -0.3 is 28.4 Å². The fraction of sp³-hybridized carbons (Fsp3) is 0.433. The number of hydrogen-bond donors (Lipinski definition) is 0. The summed E-state index contributed by atoms with van der Waals surface area (Å²) in [6, 6.07) is 0. The van der Waals surface area contributed by atoms with Gasteiger partial charge in [-0.25, -0.2) is 14.4 Å². The molecule has 12 heteroatoms. The molecular weight excluding hydrogens is 997 g/mol. The van der Waals surface area contributed by atoms with Crippen LogP contribution >= 0.6 is 0 Å². The van der Waals surface area contributed by atoms with Crippen LogP contribution in [0.1, 0.15) is 112 Å². The first kappa shape index (κ1) is 61.3. The SMILES string of the molecule is CC#CC#CC#CC#CC#CC#CC#CC#CC(=O)OCC(COC(=O)C#CC#CC#CC#CC#CC#CC#CC#CC)OC(=O)CCCC(=O)OCOC(=O)O[C@@H]1CC[C@@]2(C)[C@@H](CC[C@@H]3[C@@H]2CC[C@]2(C)[C@@H](C(C)=O)CC[C@@H]32)C1. The molecule has 0 bridgehead atoms. The van der Waals surface area contributed by atoms with Crippen LogP contribution in [-0.4, -0.2) is 68.0 Å². The Morgan fingerprint density at radius 1 is 0.481 bits per heavy atom. The Morgan fingerprint density at radius 3 is 1.41 bits per heavy atom. The van der Waals surface area contributed by atoms with Gasteiger partial charge in [-0.1, -0.05) is 25.7 Å². The summed E-state index contributed by atoms with van der Waals surface area (Å²) < 4.78 is 31.4. The molecule has 0 spiro atoms. The highest BCUT2D eigenvalue weighted by molar-refractivity contribution is 5.89.